The highest BCUT2D eigenvalue weighted by molar-refractivity contribution is 5.83. The molecular weight excluding hydrogens is 198 g/mol. The van der Waals surface area contributed by atoms with Gasteiger partial charge in [0.2, 0.25) is 5.91 Å². The van der Waals surface area contributed by atoms with Crippen LogP contribution in [0.3, 0.4) is 0 Å². The lowest BCUT2D eigenvalue weighted by Crippen LogP contribution is -2.48. The molecule has 0 atom stereocenters. The van der Waals surface area contributed by atoms with Crippen molar-refractivity contribution >= 4 is 5.91 Å². The first-order valence-corrected chi connectivity index (χ1v) is 6.58. The highest BCUT2D eigenvalue weighted by Gasteiger charge is 2.42. The number of carbonyl (C=O) groups excluding carboxylic acids is 1. The van der Waals surface area contributed by atoms with Gasteiger partial charge in [-0.05, 0) is 46.0 Å². The number of nitrogens with one attached hydrogen (secondary N) is 1. The van der Waals surface area contributed by atoms with Crippen LogP contribution in [0.15, 0.2) is 0 Å². The summed E-state index contributed by atoms with van der Waals surface area (Å²) in [6, 6.07) is 0. The van der Waals surface area contributed by atoms with Gasteiger partial charge in [-0.15, -0.1) is 0 Å². The minimum atomic E-state index is -0.107. The van der Waals surface area contributed by atoms with Gasteiger partial charge in [0.05, 0.1) is 0 Å². The van der Waals surface area contributed by atoms with Crippen LogP contribution in [0.25, 0.3) is 0 Å². The average molecular weight is 225 g/mol. The minimum Gasteiger partial charge on any atom is -0.351 e. The number of hydrogen-bond acceptors (Lipinski definition) is 1. The van der Waals surface area contributed by atoms with E-state index < -0.39 is 0 Å². The fourth-order valence-electron chi connectivity index (χ4n) is 2.83. The molecule has 0 aromatic carbocycles. The van der Waals surface area contributed by atoms with Crippen LogP contribution in [-0.4, -0.2) is 11.4 Å². The zero-order chi connectivity index (χ0) is 12.4. The second-order valence-corrected chi connectivity index (χ2v) is 6.79. The van der Waals surface area contributed by atoms with Gasteiger partial charge < -0.3 is 5.32 Å². The van der Waals surface area contributed by atoms with Crippen molar-refractivity contribution in [2.24, 2.45) is 11.3 Å². The molecule has 0 saturated heterocycles. The van der Waals surface area contributed by atoms with E-state index in [-0.39, 0.29) is 16.9 Å². The van der Waals surface area contributed by atoms with E-state index in [1.807, 2.05) is 0 Å². The predicted molar refractivity (Wildman–Crippen MR) is 68.3 cm³/mol. The van der Waals surface area contributed by atoms with E-state index in [9.17, 15) is 4.79 Å². The first-order valence-electron chi connectivity index (χ1n) is 6.58. The van der Waals surface area contributed by atoms with E-state index in [0.717, 1.165) is 19.3 Å². The first kappa shape index (κ1) is 13.5. The highest BCUT2D eigenvalue weighted by Crippen LogP contribution is 2.43. The van der Waals surface area contributed by atoms with Crippen molar-refractivity contribution in [1.82, 2.24) is 5.32 Å². The molecule has 1 aliphatic carbocycles. The molecule has 0 heterocycles. The summed E-state index contributed by atoms with van der Waals surface area (Å²) in [5.41, 5.74) is -0.175. The van der Waals surface area contributed by atoms with Gasteiger partial charge >= 0.3 is 0 Å². The van der Waals surface area contributed by atoms with Crippen LogP contribution < -0.4 is 5.32 Å². The summed E-state index contributed by atoms with van der Waals surface area (Å²) in [5, 5.41) is 3.17. The lowest BCUT2D eigenvalue weighted by Gasteiger charge is -2.33. The van der Waals surface area contributed by atoms with E-state index in [0.29, 0.717) is 5.92 Å². The Morgan fingerprint density at radius 1 is 1.25 bits per heavy atom. The maximum Gasteiger partial charge on any atom is 0.226 e. The second kappa shape index (κ2) is 4.77. The molecule has 1 saturated carbocycles. The van der Waals surface area contributed by atoms with Crippen molar-refractivity contribution in [2.45, 2.75) is 72.3 Å². The van der Waals surface area contributed by atoms with Crippen LogP contribution in [-0.2, 0) is 4.79 Å². The summed E-state index contributed by atoms with van der Waals surface area (Å²) in [5.74, 6) is 0.884. The molecule has 1 aliphatic rings. The Hall–Kier alpha value is -0.530. The zero-order valence-corrected chi connectivity index (χ0v) is 11.5. The van der Waals surface area contributed by atoms with Crippen molar-refractivity contribution in [3.8, 4) is 0 Å². The van der Waals surface area contributed by atoms with Gasteiger partial charge in [0.25, 0.3) is 0 Å². The van der Waals surface area contributed by atoms with Gasteiger partial charge in [0.15, 0.2) is 0 Å². The Bertz CT molecular complexity index is 244. The summed E-state index contributed by atoms with van der Waals surface area (Å²) in [4.78, 5) is 12.4. The van der Waals surface area contributed by atoms with Crippen LogP contribution in [0.1, 0.15) is 66.7 Å². The lowest BCUT2D eigenvalue weighted by atomic mass is 9.77. The van der Waals surface area contributed by atoms with E-state index in [2.05, 4.69) is 39.9 Å². The molecule has 16 heavy (non-hydrogen) atoms. The van der Waals surface area contributed by atoms with Crippen LogP contribution in [0.2, 0.25) is 0 Å². The molecule has 1 N–H and O–H groups in total. The monoisotopic (exact) mass is 225 g/mol. The summed E-state index contributed by atoms with van der Waals surface area (Å²) in [7, 11) is 0. The van der Waals surface area contributed by atoms with Gasteiger partial charge in [-0.3, -0.25) is 4.79 Å². The van der Waals surface area contributed by atoms with Gasteiger partial charge in [-0.2, -0.15) is 0 Å². The molecule has 0 radical (unpaired) electrons. The van der Waals surface area contributed by atoms with Crippen LogP contribution in [0.4, 0.5) is 0 Å². The SMILES string of the molecule is CC(C)CC1(C(=O)NC(C)(C)C)CCCC1. The summed E-state index contributed by atoms with van der Waals surface area (Å²) in [6.07, 6.45) is 5.61. The van der Waals surface area contributed by atoms with Crippen LogP contribution in [0, 0.1) is 11.3 Å². The third-order valence-corrected chi connectivity index (χ3v) is 3.33. The molecule has 0 bridgehead atoms. The molecule has 0 aromatic heterocycles. The maximum absolute atomic E-state index is 12.4. The highest BCUT2D eigenvalue weighted by atomic mass is 16.2. The number of rotatable bonds is 3. The fraction of sp³-hybridized carbons (Fsp3) is 0.929. The second-order valence-electron chi connectivity index (χ2n) is 6.79. The number of amides is 1. The van der Waals surface area contributed by atoms with Crippen molar-refractivity contribution < 1.29 is 4.79 Å². The fourth-order valence-corrected chi connectivity index (χ4v) is 2.83. The van der Waals surface area contributed by atoms with Crippen molar-refractivity contribution in [1.29, 1.82) is 0 Å². The molecule has 1 rings (SSSR count). The lowest BCUT2D eigenvalue weighted by molar-refractivity contribution is -0.133. The average Bonchev–Trinajstić information content (AvgIpc) is 2.49. The molecule has 2 nitrogen and oxygen atoms in total. The molecule has 0 aromatic rings. The van der Waals surface area contributed by atoms with E-state index in [1.165, 1.54) is 12.8 Å². The van der Waals surface area contributed by atoms with Crippen molar-refractivity contribution in [3.63, 3.8) is 0 Å². The quantitative estimate of drug-likeness (QED) is 0.782. The van der Waals surface area contributed by atoms with Gasteiger partial charge in [0.1, 0.15) is 0 Å². The standard InChI is InChI=1S/C14H27NO/c1-11(2)10-14(8-6-7-9-14)12(16)15-13(3,4)5/h11H,6-10H2,1-5H3,(H,15,16). The Morgan fingerprint density at radius 3 is 2.12 bits per heavy atom. The maximum atomic E-state index is 12.4. The third kappa shape index (κ3) is 3.50. The van der Waals surface area contributed by atoms with Gasteiger partial charge in [-0.25, -0.2) is 0 Å². The van der Waals surface area contributed by atoms with Crippen LogP contribution >= 0.6 is 0 Å². The molecule has 1 amide bonds. The molecule has 94 valence electrons. The Kier molecular flexibility index (Phi) is 4.03. The Balaban J connectivity index is 2.73. The van der Waals surface area contributed by atoms with Gasteiger partial charge in [-0.1, -0.05) is 26.7 Å². The molecule has 0 unspecified atom stereocenters. The zero-order valence-electron chi connectivity index (χ0n) is 11.5. The summed E-state index contributed by atoms with van der Waals surface area (Å²) >= 11 is 0. The molecule has 0 spiro atoms. The molecule has 1 fully saturated rings. The smallest absolute Gasteiger partial charge is 0.226 e. The van der Waals surface area contributed by atoms with E-state index in [4.69, 9.17) is 0 Å². The molecular formula is C14H27NO. The topological polar surface area (TPSA) is 29.1 Å². The molecule has 0 aliphatic heterocycles. The number of carbonyl (C=O) groups is 1. The van der Waals surface area contributed by atoms with E-state index in [1.54, 1.807) is 0 Å². The third-order valence-electron chi connectivity index (χ3n) is 3.33. The minimum absolute atomic E-state index is 0.0680. The predicted octanol–water partition coefficient (Wildman–Crippen LogP) is 3.51. The number of hydrogen-bond donors (Lipinski definition) is 1. The van der Waals surface area contributed by atoms with Crippen molar-refractivity contribution in [3.05, 3.63) is 0 Å². The van der Waals surface area contributed by atoms with E-state index >= 15 is 0 Å². The normalized spacial score (nSPS) is 20.1. The first-order chi connectivity index (χ1) is 7.25. The summed E-state index contributed by atoms with van der Waals surface area (Å²) < 4.78 is 0. The summed E-state index contributed by atoms with van der Waals surface area (Å²) in [6.45, 7) is 10.6. The largest absolute Gasteiger partial charge is 0.351 e. The van der Waals surface area contributed by atoms with Crippen molar-refractivity contribution in [2.75, 3.05) is 0 Å². The Morgan fingerprint density at radius 2 is 1.75 bits per heavy atom. The van der Waals surface area contributed by atoms with Crippen LogP contribution in [0.5, 0.6) is 0 Å². The van der Waals surface area contributed by atoms with Gasteiger partial charge in [0, 0.05) is 11.0 Å². The Labute approximate surface area is 100 Å². The molecule has 2 heteroatoms.